The van der Waals surface area contributed by atoms with Crippen molar-refractivity contribution in [2.45, 2.75) is 0 Å². The van der Waals surface area contributed by atoms with E-state index >= 15 is 0 Å². The van der Waals surface area contributed by atoms with Gasteiger partial charge < -0.3 is 19.5 Å². The lowest BCUT2D eigenvalue weighted by Gasteiger charge is -2.13. The lowest BCUT2D eigenvalue weighted by molar-refractivity contribution is 0.103. The minimum atomic E-state index is -0.578. The van der Waals surface area contributed by atoms with E-state index in [2.05, 4.69) is 5.16 Å². The Morgan fingerprint density at radius 2 is 1.57 bits per heavy atom. The summed E-state index contributed by atoms with van der Waals surface area (Å²) in [6.07, 6.45) is 1.46. The second-order valence-corrected chi connectivity index (χ2v) is 7.73. The van der Waals surface area contributed by atoms with Crippen molar-refractivity contribution >= 4 is 5.78 Å². The Bertz CT molecular complexity index is 1490. The van der Waals surface area contributed by atoms with Crippen LogP contribution >= 0.6 is 0 Å². The van der Waals surface area contributed by atoms with Crippen LogP contribution in [0.25, 0.3) is 28.2 Å². The van der Waals surface area contributed by atoms with E-state index in [0.29, 0.717) is 22.7 Å². The molecule has 5 aromatic rings. The number of ketones is 1. The van der Waals surface area contributed by atoms with Gasteiger partial charge in [-0.15, -0.1) is 0 Å². The molecule has 0 aliphatic carbocycles. The molecule has 0 aliphatic rings. The quantitative estimate of drug-likeness (QED) is 0.314. The van der Waals surface area contributed by atoms with Gasteiger partial charge in [-0.25, -0.2) is 4.39 Å². The maximum atomic E-state index is 13.7. The first-order valence-corrected chi connectivity index (χ1v) is 10.6. The lowest BCUT2D eigenvalue weighted by atomic mass is 9.99. The van der Waals surface area contributed by atoms with Crippen LogP contribution in [-0.4, -0.2) is 32.8 Å². The van der Waals surface area contributed by atoms with Gasteiger partial charge in [-0.2, -0.15) is 0 Å². The molecule has 0 bridgehead atoms. The fourth-order valence-electron chi connectivity index (χ4n) is 3.92. The van der Waals surface area contributed by atoms with E-state index in [1.165, 1.54) is 42.2 Å². The molecule has 35 heavy (non-hydrogen) atoms. The molecule has 7 nitrogen and oxygen atoms in total. The Kier molecular flexibility index (Phi) is 5.54. The molecule has 0 unspecified atom stereocenters. The highest BCUT2D eigenvalue weighted by molar-refractivity contribution is 6.15. The molecule has 0 atom stereocenters. The van der Waals surface area contributed by atoms with E-state index in [1.807, 2.05) is 0 Å². The molecule has 0 fully saturated rings. The van der Waals surface area contributed by atoms with Crippen molar-refractivity contribution in [2.24, 2.45) is 0 Å². The molecule has 0 amide bonds. The lowest BCUT2D eigenvalue weighted by Crippen LogP contribution is -2.05. The summed E-state index contributed by atoms with van der Waals surface area (Å²) in [5, 5.41) is 25.7. The molecule has 0 radical (unpaired) electrons. The van der Waals surface area contributed by atoms with Crippen molar-refractivity contribution in [1.29, 1.82) is 0 Å². The zero-order chi connectivity index (χ0) is 24.5. The van der Waals surface area contributed by atoms with Gasteiger partial charge in [0, 0.05) is 22.9 Å². The first kappa shape index (κ1) is 22.0. The number of hydrogen-bond donors (Lipinski definition) is 2. The van der Waals surface area contributed by atoms with Gasteiger partial charge in [0.25, 0.3) is 0 Å². The zero-order valence-electron chi connectivity index (χ0n) is 18.5. The Labute approximate surface area is 199 Å². The Morgan fingerprint density at radius 1 is 0.914 bits per heavy atom. The van der Waals surface area contributed by atoms with Gasteiger partial charge in [-0.3, -0.25) is 9.36 Å². The highest BCUT2D eigenvalue weighted by Crippen LogP contribution is 2.44. The van der Waals surface area contributed by atoms with Crippen molar-refractivity contribution < 1.29 is 28.7 Å². The number of carbonyl (C=O) groups excluding carboxylic acids is 1. The molecule has 2 N–H and O–H groups in total. The summed E-state index contributed by atoms with van der Waals surface area (Å²) < 4.78 is 25.1. The normalized spacial score (nSPS) is 10.9. The number of nitrogens with zero attached hydrogens (tertiary/aromatic N) is 2. The van der Waals surface area contributed by atoms with Gasteiger partial charge in [-0.1, -0.05) is 17.3 Å². The molecule has 0 spiro atoms. The van der Waals surface area contributed by atoms with Crippen LogP contribution in [0, 0.1) is 5.82 Å². The van der Waals surface area contributed by atoms with Crippen LogP contribution in [0.1, 0.15) is 15.9 Å². The standard InChI is InChI=1S/C27H19FN2O5/c1-34-21-12-6-18(7-13-21)25(31)23-24(17-2-8-19(28)9-3-17)30(27(33)26(23)32)20-10-4-16(5-11-20)22-14-15-35-29-22/h2-15,32-33H,1H3. The Morgan fingerprint density at radius 3 is 2.17 bits per heavy atom. The molecular formula is C27H19FN2O5. The van der Waals surface area contributed by atoms with Crippen molar-refractivity contribution in [3.05, 3.63) is 102 Å². The van der Waals surface area contributed by atoms with E-state index in [9.17, 15) is 19.4 Å². The number of aromatic hydroxyl groups is 2. The van der Waals surface area contributed by atoms with E-state index in [-0.39, 0.29) is 16.8 Å². The number of halogens is 1. The minimum absolute atomic E-state index is 0.111. The predicted molar refractivity (Wildman–Crippen MR) is 126 cm³/mol. The van der Waals surface area contributed by atoms with Crippen LogP contribution < -0.4 is 4.74 Å². The van der Waals surface area contributed by atoms with Crippen molar-refractivity contribution in [3.63, 3.8) is 0 Å². The zero-order valence-corrected chi connectivity index (χ0v) is 18.5. The number of rotatable bonds is 6. The molecule has 0 saturated carbocycles. The number of carbonyl (C=O) groups is 1. The monoisotopic (exact) mass is 470 g/mol. The number of benzene rings is 3. The Hall–Kier alpha value is -4.85. The van der Waals surface area contributed by atoms with Crippen molar-refractivity contribution in [3.8, 4) is 45.6 Å². The third kappa shape index (κ3) is 3.91. The van der Waals surface area contributed by atoms with Crippen LogP contribution in [0.5, 0.6) is 17.4 Å². The summed E-state index contributed by atoms with van der Waals surface area (Å²) in [5.41, 5.74) is 2.69. The fourth-order valence-corrected chi connectivity index (χ4v) is 3.92. The minimum Gasteiger partial charge on any atom is -0.503 e. The number of methoxy groups -OCH3 is 1. The first-order chi connectivity index (χ1) is 17.0. The number of hydrogen-bond acceptors (Lipinski definition) is 6. The summed E-state index contributed by atoms with van der Waals surface area (Å²) in [6.45, 7) is 0. The van der Waals surface area contributed by atoms with E-state index in [0.717, 1.165) is 5.56 Å². The summed E-state index contributed by atoms with van der Waals surface area (Å²) in [7, 11) is 1.52. The summed E-state index contributed by atoms with van der Waals surface area (Å²) >= 11 is 0. The van der Waals surface area contributed by atoms with E-state index < -0.39 is 23.2 Å². The third-order valence-electron chi connectivity index (χ3n) is 5.68. The molecule has 2 aromatic heterocycles. The van der Waals surface area contributed by atoms with E-state index in [4.69, 9.17) is 9.26 Å². The van der Waals surface area contributed by atoms with Gasteiger partial charge in [-0.05, 0) is 66.2 Å². The van der Waals surface area contributed by atoms with Crippen LogP contribution in [0.4, 0.5) is 4.39 Å². The van der Waals surface area contributed by atoms with Gasteiger partial charge >= 0.3 is 0 Å². The summed E-state index contributed by atoms with van der Waals surface area (Å²) in [5.74, 6) is -1.50. The third-order valence-corrected chi connectivity index (χ3v) is 5.68. The van der Waals surface area contributed by atoms with Gasteiger partial charge in [0.05, 0.1) is 18.4 Å². The molecule has 0 aliphatic heterocycles. The van der Waals surface area contributed by atoms with Crippen LogP contribution in [-0.2, 0) is 0 Å². The van der Waals surface area contributed by atoms with Gasteiger partial charge in [0.15, 0.2) is 11.5 Å². The molecule has 0 saturated heterocycles. The van der Waals surface area contributed by atoms with Crippen LogP contribution in [0.3, 0.4) is 0 Å². The molecule has 8 heteroatoms. The molecular weight excluding hydrogens is 451 g/mol. The van der Waals surface area contributed by atoms with E-state index in [1.54, 1.807) is 54.6 Å². The summed E-state index contributed by atoms with van der Waals surface area (Å²) in [6, 6.07) is 20.5. The highest BCUT2D eigenvalue weighted by atomic mass is 19.1. The summed E-state index contributed by atoms with van der Waals surface area (Å²) in [4.78, 5) is 13.5. The van der Waals surface area contributed by atoms with Crippen LogP contribution in [0.2, 0.25) is 0 Å². The second-order valence-electron chi connectivity index (χ2n) is 7.73. The number of aromatic nitrogens is 2. The van der Waals surface area contributed by atoms with Gasteiger partial charge in [0.2, 0.25) is 5.88 Å². The largest absolute Gasteiger partial charge is 0.503 e. The average Bonchev–Trinajstić information content (AvgIpc) is 3.52. The molecule has 174 valence electrons. The van der Waals surface area contributed by atoms with Crippen molar-refractivity contribution in [1.82, 2.24) is 9.72 Å². The highest BCUT2D eigenvalue weighted by Gasteiger charge is 2.30. The fraction of sp³-hybridized carbons (Fsp3) is 0.0370. The first-order valence-electron chi connectivity index (χ1n) is 10.6. The maximum absolute atomic E-state index is 13.7. The maximum Gasteiger partial charge on any atom is 0.240 e. The SMILES string of the molecule is COc1ccc(C(=O)c2c(O)c(O)n(-c3ccc(-c4ccon4)cc3)c2-c2ccc(F)cc2)cc1. The predicted octanol–water partition coefficient (Wildman–Crippen LogP) is 5.59. The topological polar surface area (TPSA) is 97.7 Å². The molecule has 3 aromatic carbocycles. The Balaban J connectivity index is 1.70. The van der Waals surface area contributed by atoms with Crippen LogP contribution in [0.15, 0.2) is 89.6 Å². The molecule has 5 rings (SSSR count). The second kappa shape index (κ2) is 8.83. The average molecular weight is 470 g/mol. The smallest absolute Gasteiger partial charge is 0.240 e. The van der Waals surface area contributed by atoms with Gasteiger partial charge in [0.1, 0.15) is 23.5 Å². The number of ether oxygens (including phenoxy) is 1. The van der Waals surface area contributed by atoms with Crippen molar-refractivity contribution in [2.75, 3.05) is 7.11 Å². The molecule has 2 heterocycles.